The summed E-state index contributed by atoms with van der Waals surface area (Å²) in [7, 11) is 0. The van der Waals surface area contributed by atoms with E-state index >= 15 is 0 Å². The van der Waals surface area contributed by atoms with Gasteiger partial charge in [-0.3, -0.25) is 0 Å². The Hall–Kier alpha value is -0.710. The number of thiophene rings is 1. The lowest BCUT2D eigenvalue weighted by molar-refractivity contribution is 0.514. The first-order valence-electron chi connectivity index (χ1n) is 6.41. The lowest BCUT2D eigenvalue weighted by atomic mass is 10.0. The highest BCUT2D eigenvalue weighted by Gasteiger charge is 2.15. The summed E-state index contributed by atoms with van der Waals surface area (Å²) < 4.78 is 14.9. The fourth-order valence-electron chi connectivity index (χ4n) is 2.02. The van der Waals surface area contributed by atoms with Gasteiger partial charge in [-0.05, 0) is 64.0 Å². The minimum Gasteiger partial charge on any atom is -0.310 e. The number of nitrogens with one attached hydrogen (secondary N) is 1. The molecule has 0 saturated carbocycles. The standard InChI is InChI=1S/C15H17BrFNS/c1-2-7-18-14(12-9-15(16)19-10-12)8-11-5-3-4-6-13(11)17/h3-6,9-10,14,18H,2,7-8H2,1H3. The summed E-state index contributed by atoms with van der Waals surface area (Å²) in [6.07, 6.45) is 1.74. The Morgan fingerprint density at radius 2 is 2.16 bits per heavy atom. The molecule has 1 nitrogen and oxygen atoms in total. The molecule has 0 aliphatic heterocycles. The van der Waals surface area contributed by atoms with Crippen molar-refractivity contribution in [3.63, 3.8) is 0 Å². The topological polar surface area (TPSA) is 12.0 Å². The fraction of sp³-hybridized carbons (Fsp3) is 0.333. The van der Waals surface area contributed by atoms with Gasteiger partial charge in [0.2, 0.25) is 0 Å². The molecule has 0 saturated heterocycles. The largest absolute Gasteiger partial charge is 0.310 e. The molecule has 0 fully saturated rings. The second-order valence-corrected chi connectivity index (χ2v) is 6.78. The fourth-order valence-corrected chi connectivity index (χ4v) is 3.25. The highest BCUT2D eigenvalue weighted by molar-refractivity contribution is 9.11. The van der Waals surface area contributed by atoms with Crippen LogP contribution in [0.5, 0.6) is 0 Å². The van der Waals surface area contributed by atoms with Crippen molar-refractivity contribution in [1.82, 2.24) is 5.32 Å². The van der Waals surface area contributed by atoms with E-state index in [1.807, 2.05) is 12.1 Å². The van der Waals surface area contributed by atoms with E-state index in [4.69, 9.17) is 0 Å². The summed E-state index contributed by atoms with van der Waals surface area (Å²) in [4.78, 5) is 0. The van der Waals surface area contributed by atoms with Gasteiger partial charge in [0.15, 0.2) is 0 Å². The van der Waals surface area contributed by atoms with E-state index in [-0.39, 0.29) is 11.9 Å². The number of benzene rings is 1. The SMILES string of the molecule is CCCNC(Cc1ccccc1F)c1csc(Br)c1. The number of rotatable bonds is 6. The van der Waals surface area contributed by atoms with Crippen LogP contribution >= 0.6 is 27.3 Å². The smallest absolute Gasteiger partial charge is 0.126 e. The van der Waals surface area contributed by atoms with E-state index < -0.39 is 0 Å². The zero-order chi connectivity index (χ0) is 13.7. The van der Waals surface area contributed by atoms with Gasteiger partial charge in [0.1, 0.15) is 5.82 Å². The first-order valence-corrected chi connectivity index (χ1v) is 8.08. The zero-order valence-electron chi connectivity index (χ0n) is 10.8. The summed E-state index contributed by atoms with van der Waals surface area (Å²) >= 11 is 5.15. The van der Waals surface area contributed by atoms with Gasteiger partial charge in [-0.1, -0.05) is 25.1 Å². The Bertz CT molecular complexity index is 526. The van der Waals surface area contributed by atoms with Gasteiger partial charge in [0.05, 0.1) is 3.79 Å². The highest BCUT2D eigenvalue weighted by atomic mass is 79.9. The molecule has 1 aromatic carbocycles. The maximum atomic E-state index is 13.8. The third kappa shape index (κ3) is 4.13. The molecule has 0 bridgehead atoms. The van der Waals surface area contributed by atoms with Crippen LogP contribution in [0.15, 0.2) is 39.5 Å². The lowest BCUT2D eigenvalue weighted by Crippen LogP contribution is -2.24. The van der Waals surface area contributed by atoms with E-state index in [1.54, 1.807) is 17.4 Å². The molecular formula is C15H17BrFNS. The number of hydrogen-bond acceptors (Lipinski definition) is 2. The van der Waals surface area contributed by atoms with Crippen LogP contribution in [0.2, 0.25) is 0 Å². The van der Waals surface area contributed by atoms with Gasteiger partial charge >= 0.3 is 0 Å². The van der Waals surface area contributed by atoms with Gasteiger partial charge in [0, 0.05) is 6.04 Å². The molecule has 1 heterocycles. The van der Waals surface area contributed by atoms with Gasteiger partial charge in [-0.25, -0.2) is 4.39 Å². The van der Waals surface area contributed by atoms with Crippen LogP contribution in [-0.4, -0.2) is 6.54 Å². The summed E-state index contributed by atoms with van der Waals surface area (Å²) in [5.74, 6) is -0.125. The van der Waals surface area contributed by atoms with Crippen LogP contribution in [0.25, 0.3) is 0 Å². The maximum absolute atomic E-state index is 13.8. The van der Waals surface area contributed by atoms with Crippen molar-refractivity contribution < 1.29 is 4.39 Å². The van der Waals surface area contributed by atoms with E-state index in [1.165, 1.54) is 11.6 Å². The Morgan fingerprint density at radius 3 is 2.79 bits per heavy atom. The Kier molecular flexibility index (Phi) is 5.55. The maximum Gasteiger partial charge on any atom is 0.126 e. The van der Waals surface area contributed by atoms with Crippen molar-refractivity contribution in [1.29, 1.82) is 0 Å². The monoisotopic (exact) mass is 341 g/mol. The minimum atomic E-state index is -0.125. The van der Waals surface area contributed by atoms with Crippen LogP contribution < -0.4 is 5.32 Å². The molecule has 0 aliphatic carbocycles. The molecule has 4 heteroatoms. The minimum absolute atomic E-state index is 0.125. The summed E-state index contributed by atoms with van der Waals surface area (Å²) in [5, 5.41) is 5.62. The van der Waals surface area contributed by atoms with Crippen molar-refractivity contribution in [2.45, 2.75) is 25.8 Å². The summed E-state index contributed by atoms with van der Waals surface area (Å²) in [5.41, 5.74) is 1.98. The molecule has 1 atom stereocenters. The molecule has 1 N–H and O–H groups in total. The van der Waals surface area contributed by atoms with Crippen LogP contribution in [0.3, 0.4) is 0 Å². The van der Waals surface area contributed by atoms with Crippen molar-refractivity contribution in [3.05, 3.63) is 56.4 Å². The Morgan fingerprint density at radius 1 is 1.37 bits per heavy atom. The first-order chi connectivity index (χ1) is 9.20. The Labute approximate surface area is 126 Å². The molecule has 19 heavy (non-hydrogen) atoms. The van der Waals surface area contributed by atoms with Gasteiger partial charge < -0.3 is 5.32 Å². The quantitative estimate of drug-likeness (QED) is 0.785. The van der Waals surface area contributed by atoms with E-state index in [2.05, 4.69) is 39.6 Å². The van der Waals surface area contributed by atoms with Gasteiger partial charge in [0.25, 0.3) is 0 Å². The second-order valence-electron chi connectivity index (χ2n) is 4.49. The molecule has 2 rings (SSSR count). The molecule has 1 unspecified atom stereocenters. The first kappa shape index (κ1) is 14.7. The second kappa shape index (κ2) is 7.17. The zero-order valence-corrected chi connectivity index (χ0v) is 13.2. The van der Waals surface area contributed by atoms with Crippen LogP contribution in [0.1, 0.15) is 30.5 Å². The molecule has 1 aromatic heterocycles. The third-order valence-corrected chi connectivity index (χ3v) is 4.54. The van der Waals surface area contributed by atoms with Crippen molar-refractivity contribution in [2.75, 3.05) is 6.54 Å². The summed E-state index contributed by atoms with van der Waals surface area (Å²) in [6.45, 7) is 3.07. The Balaban J connectivity index is 2.16. The molecule has 0 aliphatic rings. The third-order valence-electron chi connectivity index (χ3n) is 3.01. The van der Waals surface area contributed by atoms with E-state index in [9.17, 15) is 4.39 Å². The van der Waals surface area contributed by atoms with Crippen LogP contribution in [0, 0.1) is 5.82 Å². The average Bonchev–Trinajstić information content (AvgIpc) is 2.83. The van der Waals surface area contributed by atoms with Crippen LogP contribution in [-0.2, 0) is 6.42 Å². The highest BCUT2D eigenvalue weighted by Crippen LogP contribution is 2.28. The van der Waals surface area contributed by atoms with Crippen molar-refractivity contribution >= 4 is 27.3 Å². The molecular weight excluding hydrogens is 325 g/mol. The molecule has 0 spiro atoms. The lowest BCUT2D eigenvalue weighted by Gasteiger charge is -2.18. The average molecular weight is 342 g/mol. The molecule has 2 aromatic rings. The van der Waals surface area contributed by atoms with Crippen LogP contribution in [0.4, 0.5) is 4.39 Å². The van der Waals surface area contributed by atoms with Gasteiger partial charge in [-0.15, -0.1) is 11.3 Å². The van der Waals surface area contributed by atoms with Crippen molar-refractivity contribution in [2.24, 2.45) is 0 Å². The number of halogens is 2. The molecule has 0 radical (unpaired) electrons. The summed E-state index contributed by atoms with van der Waals surface area (Å²) in [6, 6.07) is 9.28. The van der Waals surface area contributed by atoms with E-state index in [0.717, 1.165) is 22.3 Å². The van der Waals surface area contributed by atoms with Crippen molar-refractivity contribution in [3.8, 4) is 0 Å². The molecule has 102 valence electrons. The predicted molar refractivity (Wildman–Crippen MR) is 83.2 cm³/mol. The number of hydrogen-bond donors (Lipinski definition) is 1. The predicted octanol–water partition coefficient (Wildman–Crippen LogP) is 4.93. The normalized spacial score (nSPS) is 12.6. The van der Waals surface area contributed by atoms with E-state index in [0.29, 0.717) is 6.42 Å². The van der Waals surface area contributed by atoms with Gasteiger partial charge in [-0.2, -0.15) is 0 Å². The molecule has 0 amide bonds.